The number of carbonyl (C=O) groups excluding carboxylic acids is 1. The lowest BCUT2D eigenvalue weighted by molar-refractivity contribution is -0.105. The molecule has 0 heterocycles. The maximum atomic E-state index is 10.5. The Balaban J connectivity index is 3.19. The Morgan fingerprint density at radius 3 is 2.62 bits per heavy atom. The molecule has 0 unspecified atom stereocenters. The molecule has 1 aromatic carbocycles. The minimum absolute atomic E-state index is 0.578. The molecule has 88 valence electrons. The van der Waals surface area contributed by atoms with Crippen molar-refractivity contribution in [1.29, 1.82) is 0 Å². The molecule has 0 aliphatic carbocycles. The monoisotopic (exact) mass is 222 g/mol. The fraction of sp³-hybridized carbons (Fsp3) is 0.417. The SMILES string of the molecule is CCOc1cc(C)c(N(C)C)cc1NC=O. The highest BCUT2D eigenvalue weighted by Gasteiger charge is 2.09. The Kier molecular flexibility index (Phi) is 4.17. The van der Waals surface area contributed by atoms with Crippen LogP contribution in [-0.2, 0) is 4.79 Å². The van der Waals surface area contributed by atoms with Gasteiger partial charge in [0, 0.05) is 19.8 Å². The fourth-order valence-electron chi connectivity index (χ4n) is 1.60. The number of aryl methyl sites for hydroxylation is 1. The number of hydrogen-bond acceptors (Lipinski definition) is 3. The maximum Gasteiger partial charge on any atom is 0.211 e. The van der Waals surface area contributed by atoms with E-state index in [0.29, 0.717) is 24.5 Å². The summed E-state index contributed by atoms with van der Waals surface area (Å²) in [6.07, 6.45) is 0.659. The van der Waals surface area contributed by atoms with E-state index in [1.54, 1.807) is 0 Å². The highest BCUT2D eigenvalue weighted by Crippen LogP contribution is 2.32. The van der Waals surface area contributed by atoms with Crippen LogP contribution in [0.25, 0.3) is 0 Å². The molecule has 1 N–H and O–H groups in total. The van der Waals surface area contributed by atoms with Gasteiger partial charge in [-0.15, -0.1) is 0 Å². The Hall–Kier alpha value is -1.71. The van der Waals surface area contributed by atoms with E-state index in [4.69, 9.17) is 4.74 Å². The zero-order valence-corrected chi connectivity index (χ0v) is 10.2. The molecular weight excluding hydrogens is 204 g/mol. The first-order valence-corrected chi connectivity index (χ1v) is 5.25. The van der Waals surface area contributed by atoms with Crippen LogP contribution in [0.15, 0.2) is 12.1 Å². The molecule has 0 bridgehead atoms. The number of anilines is 2. The van der Waals surface area contributed by atoms with Crippen LogP contribution in [0.4, 0.5) is 11.4 Å². The van der Waals surface area contributed by atoms with E-state index in [9.17, 15) is 4.79 Å². The number of ether oxygens (including phenoxy) is 1. The first kappa shape index (κ1) is 12.4. The Morgan fingerprint density at radius 1 is 1.44 bits per heavy atom. The Labute approximate surface area is 96.2 Å². The van der Waals surface area contributed by atoms with E-state index >= 15 is 0 Å². The maximum absolute atomic E-state index is 10.5. The van der Waals surface area contributed by atoms with E-state index in [1.165, 1.54) is 0 Å². The van der Waals surface area contributed by atoms with Crippen molar-refractivity contribution >= 4 is 17.8 Å². The van der Waals surface area contributed by atoms with Crippen LogP contribution in [0.2, 0.25) is 0 Å². The molecular formula is C12H18N2O2. The highest BCUT2D eigenvalue weighted by molar-refractivity contribution is 5.79. The Bertz CT molecular complexity index is 376. The second-order valence-electron chi connectivity index (χ2n) is 3.72. The predicted molar refractivity (Wildman–Crippen MR) is 66.4 cm³/mol. The topological polar surface area (TPSA) is 41.6 Å². The summed E-state index contributed by atoms with van der Waals surface area (Å²) in [5, 5.41) is 2.65. The van der Waals surface area contributed by atoms with Gasteiger partial charge in [-0.2, -0.15) is 0 Å². The second kappa shape index (κ2) is 5.39. The summed E-state index contributed by atoms with van der Waals surface area (Å²) in [5.74, 6) is 0.706. The molecule has 0 radical (unpaired) electrons. The normalized spacial score (nSPS) is 9.75. The van der Waals surface area contributed by atoms with E-state index in [2.05, 4.69) is 5.32 Å². The van der Waals surface area contributed by atoms with E-state index in [-0.39, 0.29) is 0 Å². The van der Waals surface area contributed by atoms with Crippen molar-refractivity contribution in [2.24, 2.45) is 0 Å². The number of rotatable bonds is 5. The molecule has 0 saturated carbocycles. The average molecular weight is 222 g/mol. The van der Waals surface area contributed by atoms with E-state index < -0.39 is 0 Å². The first-order chi connectivity index (χ1) is 7.60. The van der Waals surface area contributed by atoms with Gasteiger partial charge < -0.3 is 15.0 Å². The summed E-state index contributed by atoms with van der Waals surface area (Å²) < 4.78 is 5.47. The number of nitrogens with one attached hydrogen (secondary N) is 1. The molecule has 0 saturated heterocycles. The summed E-state index contributed by atoms with van der Waals surface area (Å²) in [4.78, 5) is 12.5. The number of carbonyl (C=O) groups is 1. The summed E-state index contributed by atoms with van der Waals surface area (Å²) in [6, 6.07) is 3.85. The van der Waals surface area contributed by atoms with Gasteiger partial charge in [-0.1, -0.05) is 0 Å². The van der Waals surface area contributed by atoms with E-state index in [0.717, 1.165) is 11.3 Å². The number of nitrogens with zero attached hydrogens (tertiary/aromatic N) is 1. The van der Waals surface area contributed by atoms with Crippen molar-refractivity contribution in [1.82, 2.24) is 0 Å². The highest BCUT2D eigenvalue weighted by atomic mass is 16.5. The van der Waals surface area contributed by atoms with Gasteiger partial charge in [0.05, 0.1) is 12.3 Å². The van der Waals surface area contributed by atoms with Crippen molar-refractivity contribution in [3.05, 3.63) is 17.7 Å². The molecule has 4 heteroatoms. The smallest absolute Gasteiger partial charge is 0.211 e. The fourth-order valence-corrected chi connectivity index (χ4v) is 1.60. The van der Waals surface area contributed by atoms with Crippen LogP contribution in [0.5, 0.6) is 5.75 Å². The summed E-state index contributed by atoms with van der Waals surface area (Å²) >= 11 is 0. The zero-order chi connectivity index (χ0) is 12.1. The number of benzene rings is 1. The minimum atomic E-state index is 0.578. The van der Waals surface area contributed by atoms with Crippen LogP contribution >= 0.6 is 0 Å². The standard InChI is InChI=1S/C12H18N2O2/c1-5-16-12-6-9(2)11(14(3)4)7-10(12)13-8-15/h6-8H,5H2,1-4H3,(H,13,15). The third-order valence-electron chi connectivity index (χ3n) is 2.29. The van der Waals surface area contributed by atoms with E-state index in [1.807, 2.05) is 45.0 Å². The van der Waals surface area contributed by atoms with Gasteiger partial charge in [0.1, 0.15) is 5.75 Å². The lowest BCUT2D eigenvalue weighted by atomic mass is 10.1. The average Bonchev–Trinajstić information content (AvgIpc) is 2.22. The van der Waals surface area contributed by atoms with Crippen LogP contribution in [0.3, 0.4) is 0 Å². The van der Waals surface area contributed by atoms with Crippen LogP contribution < -0.4 is 15.0 Å². The van der Waals surface area contributed by atoms with Crippen LogP contribution in [0.1, 0.15) is 12.5 Å². The van der Waals surface area contributed by atoms with Gasteiger partial charge in [-0.3, -0.25) is 4.79 Å². The third kappa shape index (κ3) is 2.66. The third-order valence-corrected chi connectivity index (χ3v) is 2.29. The van der Waals surface area contributed by atoms with Crippen molar-refractivity contribution in [3.63, 3.8) is 0 Å². The van der Waals surface area contributed by atoms with Gasteiger partial charge in [0.25, 0.3) is 0 Å². The van der Waals surface area contributed by atoms with Gasteiger partial charge in [-0.05, 0) is 31.5 Å². The van der Waals surface area contributed by atoms with Gasteiger partial charge in [0.2, 0.25) is 6.41 Å². The van der Waals surface area contributed by atoms with Gasteiger partial charge >= 0.3 is 0 Å². The molecule has 0 aliphatic heterocycles. The molecule has 0 spiro atoms. The number of hydrogen-bond donors (Lipinski definition) is 1. The summed E-state index contributed by atoms with van der Waals surface area (Å²) in [7, 11) is 3.93. The molecule has 0 atom stereocenters. The van der Waals surface area contributed by atoms with Crippen molar-refractivity contribution in [3.8, 4) is 5.75 Å². The molecule has 1 amide bonds. The quantitative estimate of drug-likeness (QED) is 0.775. The van der Waals surface area contributed by atoms with Crippen molar-refractivity contribution < 1.29 is 9.53 Å². The minimum Gasteiger partial charge on any atom is -0.492 e. The molecule has 16 heavy (non-hydrogen) atoms. The Morgan fingerprint density at radius 2 is 2.12 bits per heavy atom. The predicted octanol–water partition coefficient (Wildman–Crippen LogP) is 2.03. The molecule has 0 aliphatic rings. The van der Waals surface area contributed by atoms with Gasteiger partial charge in [0.15, 0.2) is 0 Å². The molecule has 1 aromatic rings. The second-order valence-corrected chi connectivity index (χ2v) is 3.72. The summed E-state index contributed by atoms with van der Waals surface area (Å²) in [6.45, 7) is 4.51. The largest absolute Gasteiger partial charge is 0.492 e. The summed E-state index contributed by atoms with van der Waals surface area (Å²) in [5.41, 5.74) is 2.88. The molecule has 1 rings (SSSR count). The van der Waals surface area contributed by atoms with Gasteiger partial charge in [-0.25, -0.2) is 0 Å². The lowest BCUT2D eigenvalue weighted by Gasteiger charge is -2.19. The van der Waals surface area contributed by atoms with Crippen LogP contribution in [0, 0.1) is 6.92 Å². The zero-order valence-electron chi connectivity index (χ0n) is 10.2. The molecule has 0 fully saturated rings. The van der Waals surface area contributed by atoms with Crippen LogP contribution in [-0.4, -0.2) is 27.1 Å². The molecule has 4 nitrogen and oxygen atoms in total. The van der Waals surface area contributed by atoms with Crippen molar-refractivity contribution in [2.45, 2.75) is 13.8 Å². The molecule has 0 aromatic heterocycles. The van der Waals surface area contributed by atoms with Crippen molar-refractivity contribution in [2.75, 3.05) is 30.9 Å². The first-order valence-electron chi connectivity index (χ1n) is 5.25. The lowest BCUT2D eigenvalue weighted by Crippen LogP contribution is -2.11. The number of amides is 1.